The van der Waals surface area contributed by atoms with E-state index in [4.69, 9.17) is 16.3 Å². The molecule has 0 aliphatic carbocycles. The second-order valence-corrected chi connectivity index (χ2v) is 7.10. The van der Waals surface area contributed by atoms with Gasteiger partial charge in [0.1, 0.15) is 5.75 Å². The molecule has 1 heterocycles. The number of hydrogen-bond acceptors (Lipinski definition) is 3. The number of hydrogen-bond donors (Lipinski definition) is 1. The predicted molar refractivity (Wildman–Crippen MR) is 111 cm³/mol. The Labute approximate surface area is 164 Å². The summed E-state index contributed by atoms with van der Waals surface area (Å²) >= 11 is 5.94. The van der Waals surface area contributed by atoms with Crippen molar-refractivity contribution < 1.29 is 4.74 Å². The molecule has 0 fully saturated rings. The van der Waals surface area contributed by atoms with Crippen molar-refractivity contribution in [3.8, 4) is 17.3 Å². The normalized spacial score (nSPS) is 11.3. The summed E-state index contributed by atoms with van der Waals surface area (Å²) in [6, 6.07) is 13.7. The molecular weight excluding hydrogens is 360 g/mol. The maximum Gasteiger partial charge on any atom is 0.238 e. The molecule has 3 aromatic rings. The van der Waals surface area contributed by atoms with Gasteiger partial charge in [0.05, 0.1) is 17.7 Å². The van der Waals surface area contributed by atoms with Crippen molar-refractivity contribution in [2.45, 2.75) is 33.7 Å². The lowest BCUT2D eigenvalue weighted by molar-refractivity contribution is 0.454. The predicted octanol–water partition coefficient (Wildman–Crippen LogP) is 5.59. The summed E-state index contributed by atoms with van der Waals surface area (Å²) in [7, 11) is 0. The Morgan fingerprint density at radius 2 is 1.85 bits per heavy atom. The van der Waals surface area contributed by atoms with E-state index in [-0.39, 0.29) is 0 Å². The molecule has 0 saturated heterocycles. The molecule has 140 valence electrons. The molecule has 0 saturated carbocycles. The largest absolute Gasteiger partial charge is 0.437 e. The highest BCUT2D eigenvalue weighted by molar-refractivity contribution is 6.30. The summed E-state index contributed by atoms with van der Waals surface area (Å²) in [6.07, 6.45) is 3.60. The number of halogens is 1. The lowest BCUT2D eigenvalue weighted by Gasteiger charge is -2.10. The van der Waals surface area contributed by atoms with Gasteiger partial charge in [-0.25, -0.2) is 9.67 Å². The number of benzene rings is 2. The Morgan fingerprint density at radius 1 is 1.11 bits per heavy atom. The molecule has 5 nitrogen and oxygen atoms in total. The fourth-order valence-electron chi connectivity index (χ4n) is 2.49. The van der Waals surface area contributed by atoms with Gasteiger partial charge in [0.2, 0.25) is 5.88 Å². The Kier molecular flexibility index (Phi) is 5.81. The summed E-state index contributed by atoms with van der Waals surface area (Å²) in [6.45, 7) is 8.16. The van der Waals surface area contributed by atoms with Crippen LogP contribution < -0.4 is 10.1 Å². The zero-order chi connectivity index (χ0) is 19.4. The highest BCUT2D eigenvalue weighted by atomic mass is 35.5. The molecular formula is C21H23ClN4O. The van der Waals surface area contributed by atoms with E-state index in [0.717, 1.165) is 28.3 Å². The fourth-order valence-corrected chi connectivity index (χ4v) is 2.62. The summed E-state index contributed by atoms with van der Waals surface area (Å²) in [5, 5.41) is 8.35. The van der Waals surface area contributed by atoms with Crippen molar-refractivity contribution in [3.63, 3.8) is 0 Å². The lowest BCUT2D eigenvalue weighted by atomic mass is 10.1. The van der Waals surface area contributed by atoms with Crippen molar-refractivity contribution in [3.05, 3.63) is 64.8 Å². The van der Waals surface area contributed by atoms with Crippen LogP contribution in [0.5, 0.6) is 11.6 Å². The first kappa shape index (κ1) is 19.0. The van der Waals surface area contributed by atoms with Gasteiger partial charge in [0, 0.05) is 23.3 Å². The molecule has 0 aliphatic rings. The van der Waals surface area contributed by atoms with E-state index in [1.165, 1.54) is 0 Å². The topological polar surface area (TPSA) is 51.4 Å². The highest BCUT2D eigenvalue weighted by Crippen LogP contribution is 2.31. The average molecular weight is 383 g/mol. The summed E-state index contributed by atoms with van der Waals surface area (Å²) in [5.41, 5.74) is 3.87. The molecule has 0 atom stereocenters. The first-order chi connectivity index (χ1) is 12.9. The average Bonchev–Trinajstić information content (AvgIpc) is 3.08. The molecule has 0 radical (unpaired) electrons. The third-order valence-corrected chi connectivity index (χ3v) is 4.23. The van der Waals surface area contributed by atoms with Gasteiger partial charge in [-0.2, -0.15) is 0 Å². The highest BCUT2D eigenvalue weighted by Gasteiger charge is 2.09. The van der Waals surface area contributed by atoms with Gasteiger partial charge in [-0.15, -0.1) is 5.10 Å². The van der Waals surface area contributed by atoms with Gasteiger partial charge in [-0.1, -0.05) is 11.6 Å². The van der Waals surface area contributed by atoms with Crippen molar-refractivity contribution in [1.82, 2.24) is 15.1 Å². The summed E-state index contributed by atoms with van der Waals surface area (Å²) < 4.78 is 7.74. The third-order valence-electron chi connectivity index (χ3n) is 3.98. The molecule has 1 aromatic heterocycles. The van der Waals surface area contributed by atoms with Crippen LogP contribution in [0.4, 0.5) is 5.69 Å². The van der Waals surface area contributed by atoms with Gasteiger partial charge < -0.3 is 10.1 Å². The van der Waals surface area contributed by atoms with Crippen LogP contribution in [0.2, 0.25) is 5.02 Å². The Hall–Kier alpha value is -2.79. The number of aliphatic imine (C=N–C) groups is 1. The molecule has 1 N–H and O–H groups in total. The minimum absolute atomic E-state index is 0.355. The third kappa shape index (κ3) is 4.89. The van der Waals surface area contributed by atoms with Gasteiger partial charge in [0.15, 0.2) is 0 Å². The van der Waals surface area contributed by atoms with Crippen molar-refractivity contribution in [1.29, 1.82) is 0 Å². The molecule has 0 amide bonds. The Morgan fingerprint density at radius 3 is 2.56 bits per heavy atom. The molecule has 0 aliphatic heterocycles. The summed E-state index contributed by atoms with van der Waals surface area (Å²) in [4.78, 5) is 4.48. The maximum absolute atomic E-state index is 5.99. The number of rotatable bonds is 6. The first-order valence-electron chi connectivity index (χ1n) is 8.81. The molecule has 0 unspecified atom stereocenters. The van der Waals surface area contributed by atoms with E-state index < -0.39 is 0 Å². The van der Waals surface area contributed by atoms with Crippen molar-refractivity contribution in [2.75, 3.05) is 0 Å². The van der Waals surface area contributed by atoms with Crippen LogP contribution in [0, 0.1) is 13.8 Å². The number of nitrogens with zero attached hydrogens (tertiary/aromatic N) is 3. The number of ether oxygens (including phenoxy) is 1. The minimum atomic E-state index is 0.355. The zero-order valence-corrected chi connectivity index (χ0v) is 16.7. The van der Waals surface area contributed by atoms with Crippen LogP contribution in [-0.4, -0.2) is 22.2 Å². The molecule has 27 heavy (non-hydrogen) atoms. The van der Waals surface area contributed by atoms with E-state index in [2.05, 4.69) is 29.3 Å². The van der Waals surface area contributed by atoms with Gasteiger partial charge in [0.25, 0.3) is 0 Å². The molecule has 2 aromatic carbocycles. The SMILES string of the molecule is Cc1cc(Oc2ccn(-c3ccc(Cl)cc3)n2)c(C)cc1/N=C/NC(C)C. The van der Waals surface area contributed by atoms with Crippen LogP contribution in [0.15, 0.2) is 53.7 Å². The van der Waals surface area contributed by atoms with E-state index in [1.807, 2.05) is 62.5 Å². The maximum atomic E-state index is 5.99. The van der Waals surface area contributed by atoms with Crippen molar-refractivity contribution in [2.24, 2.45) is 4.99 Å². The second kappa shape index (κ2) is 8.27. The summed E-state index contributed by atoms with van der Waals surface area (Å²) in [5.74, 6) is 1.30. The minimum Gasteiger partial charge on any atom is -0.437 e. The standard InChI is InChI=1S/C21H23ClN4O/c1-14(2)23-13-24-19-11-16(4)20(12-15(19)3)27-21-9-10-26(25-21)18-7-5-17(22)6-8-18/h5-14H,1-4H3,(H,23,24). The van der Waals surface area contributed by atoms with E-state index in [9.17, 15) is 0 Å². The van der Waals surface area contributed by atoms with E-state index in [0.29, 0.717) is 16.9 Å². The molecule has 0 spiro atoms. The van der Waals surface area contributed by atoms with Crippen LogP contribution in [0.3, 0.4) is 0 Å². The molecule has 6 heteroatoms. The van der Waals surface area contributed by atoms with Crippen LogP contribution in [0.25, 0.3) is 5.69 Å². The Bertz CT molecular complexity index is 945. The van der Waals surface area contributed by atoms with Crippen LogP contribution in [0.1, 0.15) is 25.0 Å². The smallest absolute Gasteiger partial charge is 0.238 e. The zero-order valence-electron chi connectivity index (χ0n) is 15.9. The second-order valence-electron chi connectivity index (χ2n) is 6.66. The van der Waals surface area contributed by atoms with Crippen LogP contribution in [-0.2, 0) is 0 Å². The Balaban J connectivity index is 1.77. The lowest BCUT2D eigenvalue weighted by Crippen LogP contribution is -2.20. The van der Waals surface area contributed by atoms with Crippen LogP contribution >= 0.6 is 11.6 Å². The van der Waals surface area contributed by atoms with Gasteiger partial charge in [-0.05, 0) is 75.2 Å². The fraction of sp³-hybridized carbons (Fsp3) is 0.238. The van der Waals surface area contributed by atoms with E-state index in [1.54, 1.807) is 11.0 Å². The first-order valence-corrected chi connectivity index (χ1v) is 9.19. The number of aryl methyl sites for hydroxylation is 2. The van der Waals surface area contributed by atoms with Gasteiger partial charge in [-0.3, -0.25) is 0 Å². The van der Waals surface area contributed by atoms with Crippen molar-refractivity contribution >= 4 is 23.6 Å². The monoisotopic (exact) mass is 382 g/mol. The number of aromatic nitrogens is 2. The number of nitrogens with one attached hydrogen (secondary N) is 1. The quantitative estimate of drug-likeness (QED) is 0.446. The van der Waals surface area contributed by atoms with Gasteiger partial charge >= 0.3 is 0 Å². The van der Waals surface area contributed by atoms with E-state index >= 15 is 0 Å². The molecule has 0 bridgehead atoms. The molecule has 3 rings (SSSR count).